The monoisotopic (exact) mass is 389 g/mol. The van der Waals surface area contributed by atoms with Crippen molar-refractivity contribution < 1.29 is 9.59 Å². The van der Waals surface area contributed by atoms with Gasteiger partial charge in [0.2, 0.25) is 11.7 Å². The molecule has 3 aromatic heterocycles. The number of nitrogens with two attached hydrogens (primary N) is 1. The summed E-state index contributed by atoms with van der Waals surface area (Å²) in [5, 5.41) is 2.33. The number of hydrogen-bond donors (Lipinski definition) is 2. The van der Waals surface area contributed by atoms with Crippen molar-refractivity contribution in [3.8, 4) is 11.3 Å². The highest BCUT2D eigenvalue weighted by Crippen LogP contribution is 2.23. The van der Waals surface area contributed by atoms with Crippen molar-refractivity contribution in [1.29, 1.82) is 0 Å². The number of aromatic nitrogens is 4. The van der Waals surface area contributed by atoms with Crippen molar-refractivity contribution in [3.63, 3.8) is 0 Å². The number of amides is 1. The minimum absolute atomic E-state index is 0.101. The number of hydrogen-bond acceptors (Lipinski definition) is 6. The topological polar surface area (TPSA) is 115 Å². The molecule has 0 aliphatic rings. The zero-order valence-electron chi connectivity index (χ0n) is 14.8. The standard InChI is InChI=1S/C20H15N5O2S/c1-11-10-28-20(24-11)18(27)13-4-2-12(3-5-13)15-9-23-19-17(25-15)14(8-22-19)6-7-16(21)26/h2-10H,1H3,(H2,21,26)(H,22,23). The molecule has 138 valence electrons. The number of carbonyl (C=O) groups excluding carboxylic acids is 2. The number of rotatable bonds is 5. The lowest BCUT2D eigenvalue weighted by atomic mass is 10.1. The van der Waals surface area contributed by atoms with Crippen LogP contribution in [0, 0.1) is 6.92 Å². The van der Waals surface area contributed by atoms with Crippen molar-refractivity contribution >= 4 is 40.3 Å². The molecule has 0 aliphatic carbocycles. The van der Waals surface area contributed by atoms with Crippen LogP contribution in [-0.4, -0.2) is 31.6 Å². The first-order valence-corrected chi connectivity index (χ1v) is 9.28. The number of ketones is 1. The first-order valence-electron chi connectivity index (χ1n) is 8.40. The van der Waals surface area contributed by atoms with Crippen LogP contribution in [0.4, 0.5) is 0 Å². The van der Waals surface area contributed by atoms with E-state index in [1.165, 1.54) is 17.4 Å². The van der Waals surface area contributed by atoms with Gasteiger partial charge >= 0.3 is 0 Å². The number of thiazole rings is 1. The Kier molecular flexibility index (Phi) is 4.54. The number of benzene rings is 1. The lowest BCUT2D eigenvalue weighted by Crippen LogP contribution is -2.05. The molecule has 0 unspecified atom stereocenters. The van der Waals surface area contributed by atoms with Gasteiger partial charge in [-0.1, -0.05) is 24.3 Å². The van der Waals surface area contributed by atoms with Gasteiger partial charge in [0.25, 0.3) is 0 Å². The fourth-order valence-corrected chi connectivity index (χ4v) is 3.48. The molecule has 0 atom stereocenters. The van der Waals surface area contributed by atoms with Crippen molar-refractivity contribution in [2.24, 2.45) is 5.73 Å². The molecule has 8 heteroatoms. The Morgan fingerprint density at radius 1 is 1.18 bits per heavy atom. The molecule has 7 nitrogen and oxygen atoms in total. The molecular weight excluding hydrogens is 374 g/mol. The van der Waals surface area contributed by atoms with Crippen molar-refractivity contribution in [1.82, 2.24) is 19.9 Å². The van der Waals surface area contributed by atoms with Crippen LogP contribution in [0.3, 0.4) is 0 Å². The van der Waals surface area contributed by atoms with E-state index < -0.39 is 5.91 Å². The Morgan fingerprint density at radius 3 is 2.64 bits per heavy atom. The summed E-state index contributed by atoms with van der Waals surface area (Å²) in [6.45, 7) is 1.86. The maximum absolute atomic E-state index is 12.5. The average Bonchev–Trinajstić information content (AvgIpc) is 3.31. The highest BCUT2D eigenvalue weighted by Gasteiger charge is 2.13. The van der Waals surface area contributed by atoms with Gasteiger partial charge in [-0.15, -0.1) is 11.3 Å². The predicted octanol–water partition coefficient (Wildman–Crippen LogP) is 3.12. The smallest absolute Gasteiger partial charge is 0.241 e. The van der Waals surface area contributed by atoms with Crippen LogP contribution < -0.4 is 5.73 Å². The normalized spacial score (nSPS) is 11.3. The predicted molar refractivity (Wildman–Crippen MR) is 108 cm³/mol. The molecular formula is C20H15N5O2S. The van der Waals surface area contributed by atoms with Gasteiger partial charge < -0.3 is 10.7 Å². The maximum atomic E-state index is 12.5. The maximum Gasteiger partial charge on any atom is 0.241 e. The number of H-pyrrole nitrogens is 1. The minimum Gasteiger partial charge on any atom is -0.366 e. The summed E-state index contributed by atoms with van der Waals surface area (Å²) >= 11 is 1.34. The molecule has 0 saturated heterocycles. The number of aromatic amines is 1. The fourth-order valence-electron chi connectivity index (χ4n) is 2.72. The number of fused-ring (bicyclic) bond motifs is 1. The fraction of sp³-hybridized carbons (Fsp3) is 0.0500. The molecule has 1 amide bonds. The molecule has 4 rings (SSSR count). The van der Waals surface area contributed by atoms with Gasteiger partial charge in [-0.2, -0.15) is 0 Å². The van der Waals surface area contributed by atoms with E-state index in [0.717, 1.165) is 11.3 Å². The third-order valence-corrected chi connectivity index (χ3v) is 5.05. The van der Waals surface area contributed by atoms with Gasteiger partial charge in [0.1, 0.15) is 5.52 Å². The summed E-state index contributed by atoms with van der Waals surface area (Å²) in [6.07, 6.45) is 6.24. The van der Waals surface area contributed by atoms with Crippen LogP contribution in [0.2, 0.25) is 0 Å². The van der Waals surface area contributed by atoms with Gasteiger partial charge in [0.05, 0.1) is 11.9 Å². The molecule has 0 spiro atoms. The number of aryl methyl sites for hydroxylation is 1. The second-order valence-electron chi connectivity index (χ2n) is 6.13. The van der Waals surface area contributed by atoms with E-state index in [2.05, 4.69) is 19.9 Å². The van der Waals surface area contributed by atoms with E-state index in [1.54, 1.807) is 30.6 Å². The molecule has 3 heterocycles. The van der Waals surface area contributed by atoms with Gasteiger partial charge in [0.15, 0.2) is 10.7 Å². The summed E-state index contributed by atoms with van der Waals surface area (Å²) in [5.74, 6) is -0.634. The zero-order chi connectivity index (χ0) is 19.7. The number of primary amides is 1. The van der Waals surface area contributed by atoms with E-state index in [1.807, 2.05) is 24.4 Å². The molecule has 0 fully saturated rings. The third-order valence-electron chi connectivity index (χ3n) is 4.09. The van der Waals surface area contributed by atoms with Crippen molar-refractivity contribution in [2.75, 3.05) is 0 Å². The summed E-state index contributed by atoms with van der Waals surface area (Å²) in [6, 6.07) is 7.17. The lowest BCUT2D eigenvalue weighted by molar-refractivity contribution is -0.113. The highest BCUT2D eigenvalue weighted by atomic mass is 32.1. The first kappa shape index (κ1) is 17.7. The largest absolute Gasteiger partial charge is 0.366 e. The van der Waals surface area contributed by atoms with Crippen LogP contribution in [0.25, 0.3) is 28.5 Å². The first-order chi connectivity index (χ1) is 13.5. The van der Waals surface area contributed by atoms with Gasteiger partial charge in [-0.05, 0) is 13.0 Å². The Morgan fingerprint density at radius 2 is 1.96 bits per heavy atom. The molecule has 0 bridgehead atoms. The summed E-state index contributed by atoms with van der Waals surface area (Å²) in [7, 11) is 0. The van der Waals surface area contributed by atoms with Gasteiger partial charge in [-0.3, -0.25) is 9.59 Å². The minimum atomic E-state index is -0.533. The third kappa shape index (κ3) is 3.45. The molecule has 4 aromatic rings. The zero-order valence-corrected chi connectivity index (χ0v) is 15.7. The molecule has 28 heavy (non-hydrogen) atoms. The van der Waals surface area contributed by atoms with Gasteiger partial charge in [-0.25, -0.2) is 15.0 Å². The summed E-state index contributed by atoms with van der Waals surface area (Å²) in [5.41, 5.74) is 10.00. The van der Waals surface area contributed by atoms with Crippen molar-refractivity contribution in [2.45, 2.75) is 6.92 Å². The molecule has 1 aromatic carbocycles. The SMILES string of the molecule is Cc1csc(C(=O)c2ccc(-c3cnc4[nH]cc(C=CC(N)=O)c4n3)cc2)n1. The quantitative estimate of drug-likeness (QED) is 0.402. The highest BCUT2D eigenvalue weighted by molar-refractivity contribution is 7.12. The lowest BCUT2D eigenvalue weighted by Gasteiger charge is -2.03. The van der Waals surface area contributed by atoms with E-state index in [0.29, 0.717) is 33.0 Å². The summed E-state index contributed by atoms with van der Waals surface area (Å²) < 4.78 is 0. The molecule has 3 N–H and O–H groups in total. The van der Waals surface area contributed by atoms with Gasteiger partial charge in [0, 0.05) is 40.0 Å². The van der Waals surface area contributed by atoms with Crippen LogP contribution in [0.1, 0.15) is 26.6 Å². The number of nitrogens with zero attached hydrogens (tertiary/aromatic N) is 3. The summed E-state index contributed by atoms with van der Waals surface area (Å²) in [4.78, 5) is 39.7. The Hall–Kier alpha value is -3.65. The molecule has 0 aliphatic heterocycles. The van der Waals surface area contributed by atoms with E-state index in [9.17, 15) is 9.59 Å². The second kappa shape index (κ2) is 7.16. The van der Waals surface area contributed by atoms with E-state index >= 15 is 0 Å². The Bertz CT molecular complexity index is 1220. The van der Waals surface area contributed by atoms with Crippen LogP contribution >= 0.6 is 11.3 Å². The number of carbonyl (C=O) groups is 2. The second-order valence-corrected chi connectivity index (χ2v) is 6.99. The van der Waals surface area contributed by atoms with E-state index in [4.69, 9.17) is 5.73 Å². The Labute approximate surface area is 164 Å². The molecule has 0 radical (unpaired) electrons. The van der Waals surface area contributed by atoms with Crippen LogP contribution in [-0.2, 0) is 4.79 Å². The van der Waals surface area contributed by atoms with E-state index in [-0.39, 0.29) is 5.78 Å². The number of nitrogens with one attached hydrogen (secondary N) is 1. The van der Waals surface area contributed by atoms with Crippen LogP contribution in [0.15, 0.2) is 48.1 Å². The molecule has 0 saturated carbocycles. The van der Waals surface area contributed by atoms with Crippen LogP contribution in [0.5, 0.6) is 0 Å². The average molecular weight is 389 g/mol. The van der Waals surface area contributed by atoms with Crippen molar-refractivity contribution in [3.05, 3.63) is 69.9 Å². The Balaban J connectivity index is 1.65.